The number of rotatable bonds is 10. The fraction of sp³-hybridized carbons (Fsp3) is 0.250. The summed E-state index contributed by atoms with van der Waals surface area (Å²) in [6.45, 7) is 9.78. The third-order valence-electron chi connectivity index (χ3n) is 5.37. The number of carbonyl (C=O) groups is 2. The first-order chi connectivity index (χ1) is 17.4. The van der Waals surface area contributed by atoms with Gasteiger partial charge in [0.15, 0.2) is 0 Å². The number of hydrogen-bond donors (Lipinski definition) is 2. The first-order valence-corrected chi connectivity index (χ1v) is 12.5. The summed E-state index contributed by atoms with van der Waals surface area (Å²) in [6.07, 6.45) is 1.49. The van der Waals surface area contributed by atoms with E-state index in [1.807, 2.05) is 50.2 Å². The Morgan fingerprint density at radius 1 is 1.22 bits per heavy atom. The molecule has 0 aliphatic carbocycles. The van der Waals surface area contributed by atoms with Crippen LogP contribution in [0.15, 0.2) is 83.1 Å². The van der Waals surface area contributed by atoms with Crippen molar-refractivity contribution in [2.45, 2.75) is 26.7 Å². The van der Waals surface area contributed by atoms with E-state index in [1.54, 1.807) is 19.1 Å². The number of esters is 1. The number of aryl methyl sites for hydroxylation is 1. The van der Waals surface area contributed by atoms with E-state index < -0.39 is 11.9 Å². The molecule has 8 heteroatoms. The molecule has 0 aromatic heterocycles. The number of ether oxygens (including phenoxy) is 2. The maximum Gasteiger partial charge on any atom is 0.337 e. The molecule has 3 rings (SSSR count). The van der Waals surface area contributed by atoms with Crippen LogP contribution < -0.4 is 15.4 Å². The number of anilines is 1. The van der Waals surface area contributed by atoms with E-state index in [-0.39, 0.29) is 18.3 Å². The van der Waals surface area contributed by atoms with Gasteiger partial charge in [0.05, 0.1) is 40.5 Å². The molecule has 0 bridgehead atoms. The maximum absolute atomic E-state index is 13.0. The predicted octanol–water partition coefficient (Wildman–Crippen LogP) is 5.19. The normalized spacial score (nSPS) is 15.0. The van der Waals surface area contributed by atoms with Crippen LogP contribution in [0.5, 0.6) is 5.75 Å². The molecule has 1 amide bonds. The van der Waals surface area contributed by atoms with Gasteiger partial charge in [-0.1, -0.05) is 48.7 Å². The van der Waals surface area contributed by atoms with Crippen molar-refractivity contribution < 1.29 is 19.1 Å². The maximum atomic E-state index is 13.0. The summed E-state index contributed by atoms with van der Waals surface area (Å²) < 4.78 is 10.9. The van der Waals surface area contributed by atoms with E-state index in [0.29, 0.717) is 39.9 Å². The van der Waals surface area contributed by atoms with Gasteiger partial charge in [-0.05, 0) is 56.2 Å². The zero-order chi connectivity index (χ0) is 26.1. The summed E-state index contributed by atoms with van der Waals surface area (Å²) >= 11 is 1.21. The number of thioether (sulfide) groups is 1. The van der Waals surface area contributed by atoms with Crippen molar-refractivity contribution in [3.8, 4) is 11.8 Å². The lowest BCUT2D eigenvalue weighted by molar-refractivity contribution is -0.138. The van der Waals surface area contributed by atoms with Crippen LogP contribution >= 0.6 is 11.8 Å². The lowest BCUT2D eigenvalue weighted by atomic mass is 9.82. The van der Waals surface area contributed by atoms with Crippen molar-refractivity contribution in [3.05, 3.63) is 94.2 Å². The number of allylic oxidation sites excluding steroid dienone is 2. The highest BCUT2D eigenvalue weighted by Gasteiger charge is 2.35. The van der Waals surface area contributed by atoms with Gasteiger partial charge in [-0.15, -0.1) is 0 Å². The standard InChI is InChI=1S/C28H29N3O4S/c1-5-14-35-28(33)25-19(4)30-27(36-17-24(32)31-21-9-7-8-18(3)15-21)23(16-29)26(25)20-10-12-22(13-11-20)34-6-2/h5,7-13,15,26,30H,1,6,14,17H2,2-4H3,(H,31,32)/t26-/m1/s1. The van der Waals surface area contributed by atoms with Gasteiger partial charge in [0.25, 0.3) is 0 Å². The molecule has 7 nitrogen and oxygen atoms in total. The van der Waals surface area contributed by atoms with Gasteiger partial charge in [0.1, 0.15) is 12.4 Å². The molecule has 0 saturated carbocycles. The molecule has 0 unspecified atom stereocenters. The molecule has 1 heterocycles. The van der Waals surface area contributed by atoms with Gasteiger partial charge in [-0.25, -0.2) is 4.79 Å². The van der Waals surface area contributed by atoms with Gasteiger partial charge < -0.3 is 20.1 Å². The zero-order valence-electron chi connectivity index (χ0n) is 20.6. The molecular weight excluding hydrogens is 474 g/mol. The van der Waals surface area contributed by atoms with Crippen molar-refractivity contribution in [2.75, 3.05) is 24.3 Å². The van der Waals surface area contributed by atoms with Gasteiger partial charge in [-0.3, -0.25) is 4.79 Å². The Labute approximate surface area is 215 Å². The van der Waals surface area contributed by atoms with E-state index >= 15 is 0 Å². The summed E-state index contributed by atoms with van der Waals surface area (Å²) in [5, 5.41) is 16.7. The summed E-state index contributed by atoms with van der Waals surface area (Å²) in [7, 11) is 0. The molecule has 1 aliphatic rings. The van der Waals surface area contributed by atoms with Crippen LogP contribution in [0.3, 0.4) is 0 Å². The Morgan fingerprint density at radius 3 is 2.61 bits per heavy atom. The van der Waals surface area contributed by atoms with Crippen molar-refractivity contribution in [2.24, 2.45) is 0 Å². The Morgan fingerprint density at radius 2 is 1.97 bits per heavy atom. The largest absolute Gasteiger partial charge is 0.494 e. The monoisotopic (exact) mass is 503 g/mol. The van der Waals surface area contributed by atoms with Gasteiger partial charge in [-0.2, -0.15) is 5.26 Å². The van der Waals surface area contributed by atoms with Gasteiger partial charge in [0.2, 0.25) is 5.91 Å². The third-order valence-corrected chi connectivity index (χ3v) is 6.39. The van der Waals surface area contributed by atoms with Crippen LogP contribution in [-0.2, 0) is 14.3 Å². The first kappa shape index (κ1) is 26.6. The van der Waals surface area contributed by atoms with Crippen molar-refractivity contribution in [1.29, 1.82) is 5.26 Å². The van der Waals surface area contributed by atoms with Crippen LogP contribution in [0.25, 0.3) is 0 Å². The lowest BCUT2D eigenvalue weighted by Crippen LogP contribution is -2.29. The quantitative estimate of drug-likeness (QED) is 0.340. The summed E-state index contributed by atoms with van der Waals surface area (Å²) in [5.41, 5.74) is 3.73. The third kappa shape index (κ3) is 6.58. The SMILES string of the molecule is C=CCOC(=O)C1=C(C)NC(SCC(=O)Nc2cccc(C)c2)=C(C#N)[C@H]1c1ccc(OCC)cc1. The zero-order valence-corrected chi connectivity index (χ0v) is 21.4. The summed E-state index contributed by atoms with van der Waals surface area (Å²) in [4.78, 5) is 25.6. The number of dihydropyridines is 1. The minimum atomic E-state index is -0.661. The second-order valence-corrected chi connectivity index (χ2v) is 9.03. The predicted molar refractivity (Wildman–Crippen MR) is 142 cm³/mol. The van der Waals surface area contributed by atoms with E-state index in [0.717, 1.165) is 11.1 Å². The number of nitriles is 1. The molecular formula is C28H29N3O4S. The molecule has 2 aromatic rings. The van der Waals surface area contributed by atoms with E-state index in [2.05, 4.69) is 23.3 Å². The molecule has 2 N–H and O–H groups in total. The molecule has 0 saturated heterocycles. The second-order valence-electron chi connectivity index (χ2n) is 8.05. The topological polar surface area (TPSA) is 100 Å². The fourth-order valence-electron chi connectivity index (χ4n) is 3.82. The van der Waals surface area contributed by atoms with E-state index in [9.17, 15) is 14.9 Å². The number of hydrogen-bond acceptors (Lipinski definition) is 7. The highest BCUT2D eigenvalue weighted by atomic mass is 32.2. The molecule has 1 aliphatic heterocycles. The number of benzene rings is 2. The van der Waals surface area contributed by atoms with Crippen LogP contribution in [0.4, 0.5) is 5.69 Å². The number of nitrogens with zero attached hydrogens (tertiary/aromatic N) is 1. The minimum absolute atomic E-state index is 0.0535. The van der Waals surface area contributed by atoms with Crippen LogP contribution in [-0.4, -0.2) is 30.8 Å². The Balaban J connectivity index is 1.90. The average Bonchev–Trinajstić information content (AvgIpc) is 2.86. The van der Waals surface area contributed by atoms with Crippen LogP contribution in [0, 0.1) is 18.3 Å². The minimum Gasteiger partial charge on any atom is -0.494 e. The van der Waals surface area contributed by atoms with Crippen LogP contribution in [0.1, 0.15) is 30.9 Å². The molecule has 36 heavy (non-hydrogen) atoms. The highest BCUT2D eigenvalue weighted by molar-refractivity contribution is 8.03. The van der Waals surface area contributed by atoms with Crippen LogP contribution in [0.2, 0.25) is 0 Å². The smallest absolute Gasteiger partial charge is 0.337 e. The molecule has 0 radical (unpaired) electrons. The number of amides is 1. The Kier molecular flexibility index (Phi) is 9.37. The van der Waals surface area contributed by atoms with Gasteiger partial charge in [0, 0.05) is 11.4 Å². The van der Waals surface area contributed by atoms with Crippen molar-refractivity contribution in [1.82, 2.24) is 5.32 Å². The lowest BCUT2D eigenvalue weighted by Gasteiger charge is -2.29. The summed E-state index contributed by atoms with van der Waals surface area (Å²) in [5.74, 6) is -0.621. The molecule has 1 atom stereocenters. The fourth-order valence-corrected chi connectivity index (χ4v) is 4.72. The average molecular weight is 504 g/mol. The first-order valence-electron chi connectivity index (χ1n) is 11.5. The molecule has 2 aromatic carbocycles. The van der Waals surface area contributed by atoms with E-state index in [4.69, 9.17) is 9.47 Å². The highest BCUT2D eigenvalue weighted by Crippen LogP contribution is 2.41. The molecule has 186 valence electrons. The van der Waals surface area contributed by atoms with Crippen molar-refractivity contribution in [3.63, 3.8) is 0 Å². The Hall–Kier alpha value is -3.96. The van der Waals surface area contributed by atoms with Gasteiger partial charge >= 0.3 is 5.97 Å². The molecule has 0 spiro atoms. The number of carbonyl (C=O) groups excluding carboxylic acids is 2. The summed E-state index contributed by atoms with van der Waals surface area (Å²) in [6, 6.07) is 17.1. The number of nitrogens with one attached hydrogen (secondary N) is 2. The van der Waals surface area contributed by atoms with E-state index in [1.165, 1.54) is 17.8 Å². The Bertz CT molecular complexity index is 1240. The van der Waals surface area contributed by atoms with Crippen molar-refractivity contribution >= 4 is 29.3 Å². The second kappa shape index (κ2) is 12.7. The molecule has 0 fully saturated rings.